The largest absolute Gasteiger partial charge is 0.494 e. The van der Waals surface area contributed by atoms with Gasteiger partial charge in [0.25, 0.3) is 0 Å². The number of carboxylic acids is 1. The Balaban J connectivity index is 2.20. The van der Waals surface area contributed by atoms with Crippen LogP contribution >= 0.6 is 0 Å². The molecule has 0 unspecified atom stereocenters. The number of carboxylic acid groups (broad SMARTS) is 1. The Labute approximate surface area is 118 Å². The van der Waals surface area contributed by atoms with Crippen molar-refractivity contribution in [2.24, 2.45) is 0 Å². The van der Waals surface area contributed by atoms with Crippen molar-refractivity contribution < 1.29 is 24.1 Å². The van der Waals surface area contributed by atoms with Gasteiger partial charge in [-0.05, 0) is 23.8 Å². The van der Waals surface area contributed by atoms with E-state index in [1.807, 2.05) is 24.3 Å². The van der Waals surface area contributed by atoms with Crippen LogP contribution in [-0.2, 0) is 14.3 Å². The van der Waals surface area contributed by atoms with Crippen LogP contribution in [0.3, 0.4) is 0 Å². The lowest BCUT2D eigenvalue weighted by Gasteiger charge is -2.07. The van der Waals surface area contributed by atoms with Gasteiger partial charge in [-0.3, -0.25) is 0 Å². The summed E-state index contributed by atoms with van der Waals surface area (Å²) < 4.78 is 15.7. The molecule has 0 aromatic heterocycles. The zero-order valence-electron chi connectivity index (χ0n) is 11.6. The van der Waals surface area contributed by atoms with E-state index in [1.54, 1.807) is 7.11 Å². The van der Waals surface area contributed by atoms with Gasteiger partial charge in [-0.25, -0.2) is 4.79 Å². The van der Waals surface area contributed by atoms with Crippen molar-refractivity contribution in [2.75, 3.05) is 33.5 Å². The molecule has 5 nitrogen and oxygen atoms in total. The van der Waals surface area contributed by atoms with Gasteiger partial charge in [0.05, 0.1) is 19.8 Å². The molecular formula is C15H20O5. The van der Waals surface area contributed by atoms with E-state index in [-0.39, 0.29) is 0 Å². The Morgan fingerprint density at radius 1 is 1.15 bits per heavy atom. The van der Waals surface area contributed by atoms with Crippen LogP contribution in [-0.4, -0.2) is 44.6 Å². The first-order valence-corrected chi connectivity index (χ1v) is 6.43. The lowest BCUT2D eigenvalue weighted by Crippen LogP contribution is -2.06. The quantitative estimate of drug-likeness (QED) is 0.526. The molecule has 1 aromatic carbocycles. The highest BCUT2D eigenvalue weighted by Gasteiger charge is 1.95. The predicted octanol–water partition coefficient (Wildman–Crippen LogP) is 2.22. The van der Waals surface area contributed by atoms with Crippen molar-refractivity contribution in [3.8, 4) is 5.75 Å². The fraction of sp³-hybridized carbons (Fsp3) is 0.400. The third-order valence-corrected chi connectivity index (χ3v) is 2.43. The van der Waals surface area contributed by atoms with Gasteiger partial charge in [-0.2, -0.15) is 0 Å². The Bertz CT molecular complexity index is 411. The zero-order valence-corrected chi connectivity index (χ0v) is 11.6. The first kappa shape index (κ1) is 16.2. The van der Waals surface area contributed by atoms with Crippen molar-refractivity contribution in [3.63, 3.8) is 0 Å². The zero-order chi connectivity index (χ0) is 14.6. The monoisotopic (exact) mass is 280 g/mol. The van der Waals surface area contributed by atoms with Crippen molar-refractivity contribution in [1.29, 1.82) is 0 Å². The maximum Gasteiger partial charge on any atom is 0.328 e. The summed E-state index contributed by atoms with van der Waals surface area (Å²) in [6.45, 7) is 2.42. The molecule has 1 N–H and O–H groups in total. The highest BCUT2D eigenvalue weighted by molar-refractivity contribution is 5.85. The van der Waals surface area contributed by atoms with E-state index in [1.165, 1.54) is 6.08 Å². The average molecular weight is 280 g/mol. The molecule has 0 heterocycles. The molecule has 0 bridgehead atoms. The van der Waals surface area contributed by atoms with Crippen molar-refractivity contribution >= 4 is 12.0 Å². The highest BCUT2D eigenvalue weighted by Crippen LogP contribution is 2.13. The minimum absolute atomic E-state index is 0.581. The average Bonchev–Trinajstić information content (AvgIpc) is 2.45. The second-order valence-electron chi connectivity index (χ2n) is 4.05. The Kier molecular flexibility index (Phi) is 8.10. The Morgan fingerprint density at radius 3 is 2.55 bits per heavy atom. The number of ether oxygens (including phenoxy) is 3. The fourth-order valence-electron chi connectivity index (χ4n) is 1.44. The second-order valence-corrected chi connectivity index (χ2v) is 4.05. The van der Waals surface area contributed by atoms with Gasteiger partial charge in [0.1, 0.15) is 5.75 Å². The first-order chi connectivity index (χ1) is 9.72. The molecule has 0 saturated heterocycles. The predicted molar refractivity (Wildman–Crippen MR) is 75.9 cm³/mol. The van der Waals surface area contributed by atoms with Crippen LogP contribution in [0.1, 0.15) is 12.0 Å². The minimum Gasteiger partial charge on any atom is -0.494 e. The van der Waals surface area contributed by atoms with Gasteiger partial charge in [-0.15, -0.1) is 0 Å². The summed E-state index contributed by atoms with van der Waals surface area (Å²) in [5.74, 6) is -0.201. The van der Waals surface area contributed by atoms with E-state index in [9.17, 15) is 4.79 Å². The molecule has 20 heavy (non-hydrogen) atoms. The van der Waals surface area contributed by atoms with Gasteiger partial charge in [-0.1, -0.05) is 12.1 Å². The number of methoxy groups -OCH3 is 1. The van der Waals surface area contributed by atoms with E-state index in [2.05, 4.69) is 0 Å². The molecule has 0 radical (unpaired) electrons. The summed E-state index contributed by atoms with van der Waals surface area (Å²) >= 11 is 0. The SMILES string of the molecule is COCCOCCCOc1ccc(/C=C/C(=O)O)cc1. The van der Waals surface area contributed by atoms with Crippen LogP contribution in [0.15, 0.2) is 30.3 Å². The molecule has 0 fully saturated rings. The molecule has 0 spiro atoms. The third-order valence-electron chi connectivity index (χ3n) is 2.43. The number of carbonyl (C=O) groups is 1. The molecule has 0 amide bonds. The molecule has 0 aliphatic rings. The van der Waals surface area contributed by atoms with Gasteiger partial charge >= 0.3 is 5.97 Å². The first-order valence-electron chi connectivity index (χ1n) is 6.43. The van der Waals surface area contributed by atoms with Crippen LogP contribution in [0.4, 0.5) is 0 Å². The van der Waals surface area contributed by atoms with Crippen LogP contribution in [0, 0.1) is 0 Å². The summed E-state index contributed by atoms with van der Waals surface area (Å²) in [6.07, 6.45) is 3.45. The minimum atomic E-state index is -0.959. The van der Waals surface area contributed by atoms with E-state index >= 15 is 0 Å². The molecule has 1 rings (SSSR count). The number of benzene rings is 1. The lowest BCUT2D eigenvalue weighted by atomic mass is 10.2. The summed E-state index contributed by atoms with van der Waals surface area (Å²) in [4.78, 5) is 10.4. The van der Waals surface area contributed by atoms with E-state index in [0.29, 0.717) is 26.4 Å². The maximum atomic E-state index is 10.4. The highest BCUT2D eigenvalue weighted by atomic mass is 16.5. The van der Waals surface area contributed by atoms with Crippen molar-refractivity contribution in [3.05, 3.63) is 35.9 Å². The normalized spacial score (nSPS) is 10.8. The molecule has 0 saturated carbocycles. The number of rotatable bonds is 10. The van der Waals surface area contributed by atoms with E-state index in [0.717, 1.165) is 23.8 Å². The number of hydrogen-bond acceptors (Lipinski definition) is 4. The topological polar surface area (TPSA) is 65.0 Å². The van der Waals surface area contributed by atoms with Gasteiger partial charge < -0.3 is 19.3 Å². The molecular weight excluding hydrogens is 260 g/mol. The van der Waals surface area contributed by atoms with Crippen LogP contribution in [0.5, 0.6) is 5.75 Å². The summed E-state index contributed by atoms with van der Waals surface area (Å²) in [5, 5.41) is 8.52. The summed E-state index contributed by atoms with van der Waals surface area (Å²) in [7, 11) is 1.64. The Morgan fingerprint density at radius 2 is 1.90 bits per heavy atom. The summed E-state index contributed by atoms with van der Waals surface area (Å²) in [5.41, 5.74) is 0.822. The molecule has 0 atom stereocenters. The number of hydrogen-bond donors (Lipinski definition) is 1. The van der Waals surface area contributed by atoms with Gasteiger partial charge in [0, 0.05) is 26.2 Å². The van der Waals surface area contributed by atoms with Gasteiger partial charge in [0.15, 0.2) is 0 Å². The van der Waals surface area contributed by atoms with Gasteiger partial charge in [0.2, 0.25) is 0 Å². The molecule has 110 valence electrons. The summed E-state index contributed by atoms with van der Waals surface area (Å²) in [6, 6.07) is 7.24. The second kappa shape index (κ2) is 10.00. The van der Waals surface area contributed by atoms with Crippen LogP contribution in [0.25, 0.3) is 6.08 Å². The molecule has 5 heteroatoms. The number of aliphatic carboxylic acids is 1. The fourth-order valence-corrected chi connectivity index (χ4v) is 1.44. The maximum absolute atomic E-state index is 10.4. The van der Waals surface area contributed by atoms with Crippen LogP contribution in [0.2, 0.25) is 0 Å². The van der Waals surface area contributed by atoms with Crippen LogP contribution < -0.4 is 4.74 Å². The molecule has 0 aliphatic heterocycles. The van der Waals surface area contributed by atoms with E-state index < -0.39 is 5.97 Å². The Hall–Kier alpha value is -1.85. The van der Waals surface area contributed by atoms with E-state index in [4.69, 9.17) is 19.3 Å². The molecule has 0 aliphatic carbocycles. The lowest BCUT2D eigenvalue weighted by molar-refractivity contribution is -0.131. The van der Waals surface area contributed by atoms with Crippen molar-refractivity contribution in [1.82, 2.24) is 0 Å². The molecule has 1 aromatic rings. The standard InChI is InChI=1S/C15H20O5/c1-18-11-12-19-9-2-10-20-14-6-3-13(4-7-14)5-8-15(16)17/h3-8H,2,9-12H2,1H3,(H,16,17)/b8-5+. The van der Waals surface area contributed by atoms with Crippen molar-refractivity contribution in [2.45, 2.75) is 6.42 Å². The smallest absolute Gasteiger partial charge is 0.328 e. The third kappa shape index (κ3) is 7.56.